The van der Waals surface area contributed by atoms with Crippen molar-refractivity contribution < 1.29 is 14.9 Å². The van der Waals surface area contributed by atoms with Crippen molar-refractivity contribution in [1.82, 2.24) is 0 Å². The Balaban J connectivity index is 2.29. The highest BCUT2D eigenvalue weighted by molar-refractivity contribution is 5.59. The third-order valence-electron chi connectivity index (χ3n) is 4.04. The fourth-order valence-electron chi connectivity index (χ4n) is 2.72. The molecule has 3 heteroatoms. The Morgan fingerprint density at radius 1 is 0.947 bits per heavy atom. The van der Waals surface area contributed by atoms with Crippen LogP contribution in [0.1, 0.15) is 31.4 Å². The summed E-state index contributed by atoms with van der Waals surface area (Å²) in [5.41, 5.74) is 1.63. The molecule has 3 rings (SSSR count). The highest BCUT2D eigenvalue weighted by Gasteiger charge is 2.37. The normalized spacial score (nSPS) is 15.3. The van der Waals surface area contributed by atoms with Crippen molar-refractivity contribution in [3.63, 3.8) is 0 Å². The quantitative estimate of drug-likeness (QED) is 0.813. The molecule has 98 valence electrons. The predicted octanol–water partition coefficient (Wildman–Crippen LogP) is 3.92. The van der Waals surface area contributed by atoms with Gasteiger partial charge >= 0.3 is 0 Å². The fraction of sp³-hybridized carbons (Fsp3) is 0.250. The molecule has 0 atom stereocenters. The van der Waals surface area contributed by atoms with Crippen LogP contribution in [0.4, 0.5) is 0 Å². The maximum atomic E-state index is 9.71. The standard InChI is InChI=1S/C16H16O3/c1-3-16(2)12-8-10(17)4-6-14(12)19-15-7-5-11(18)9-13(15)16/h4-9,17-18H,3H2,1-2H3. The molecular formula is C16H16O3. The molecule has 1 heterocycles. The lowest BCUT2D eigenvalue weighted by Crippen LogP contribution is -2.27. The Hall–Kier alpha value is -2.16. The van der Waals surface area contributed by atoms with Gasteiger partial charge in [0.2, 0.25) is 0 Å². The van der Waals surface area contributed by atoms with Gasteiger partial charge in [-0.15, -0.1) is 0 Å². The summed E-state index contributed by atoms with van der Waals surface area (Å²) in [4.78, 5) is 0. The molecule has 0 bridgehead atoms. The van der Waals surface area contributed by atoms with Gasteiger partial charge in [-0.2, -0.15) is 0 Å². The molecule has 0 saturated heterocycles. The summed E-state index contributed by atoms with van der Waals surface area (Å²) < 4.78 is 5.86. The van der Waals surface area contributed by atoms with Crippen LogP contribution in [0.25, 0.3) is 0 Å². The van der Waals surface area contributed by atoms with E-state index in [0.29, 0.717) is 0 Å². The van der Waals surface area contributed by atoms with Gasteiger partial charge in [0.1, 0.15) is 23.0 Å². The van der Waals surface area contributed by atoms with Crippen LogP contribution in [0.15, 0.2) is 36.4 Å². The first-order valence-corrected chi connectivity index (χ1v) is 6.39. The molecule has 3 nitrogen and oxygen atoms in total. The molecule has 1 aliphatic heterocycles. The SMILES string of the molecule is CCC1(C)c2cc(O)ccc2Oc2ccc(O)cc21. The number of phenolic OH excluding ortho intramolecular Hbond substituents is 2. The zero-order valence-electron chi connectivity index (χ0n) is 11.0. The first-order chi connectivity index (χ1) is 9.04. The van der Waals surface area contributed by atoms with Gasteiger partial charge in [-0.05, 0) is 42.8 Å². The predicted molar refractivity (Wildman–Crippen MR) is 73.0 cm³/mol. The number of fused-ring (bicyclic) bond motifs is 2. The highest BCUT2D eigenvalue weighted by atomic mass is 16.5. The van der Waals surface area contributed by atoms with Gasteiger partial charge in [-0.25, -0.2) is 0 Å². The molecule has 0 aromatic heterocycles. The van der Waals surface area contributed by atoms with Crippen molar-refractivity contribution in [1.29, 1.82) is 0 Å². The van der Waals surface area contributed by atoms with E-state index >= 15 is 0 Å². The first-order valence-electron chi connectivity index (χ1n) is 6.39. The van der Waals surface area contributed by atoms with Crippen LogP contribution in [-0.2, 0) is 5.41 Å². The van der Waals surface area contributed by atoms with Crippen LogP contribution >= 0.6 is 0 Å². The number of aromatic hydroxyl groups is 2. The summed E-state index contributed by atoms with van der Waals surface area (Å²) in [6.45, 7) is 4.19. The van der Waals surface area contributed by atoms with Crippen molar-refractivity contribution in [2.24, 2.45) is 0 Å². The van der Waals surface area contributed by atoms with E-state index in [1.807, 2.05) is 0 Å². The van der Waals surface area contributed by atoms with E-state index in [2.05, 4.69) is 13.8 Å². The Kier molecular flexibility index (Phi) is 2.45. The lowest BCUT2D eigenvalue weighted by atomic mass is 9.72. The molecule has 19 heavy (non-hydrogen) atoms. The number of benzene rings is 2. The average molecular weight is 256 g/mol. The largest absolute Gasteiger partial charge is 0.508 e. The number of rotatable bonds is 1. The Morgan fingerprint density at radius 2 is 1.42 bits per heavy atom. The van der Waals surface area contributed by atoms with Crippen LogP contribution in [-0.4, -0.2) is 10.2 Å². The van der Waals surface area contributed by atoms with Gasteiger partial charge in [-0.3, -0.25) is 0 Å². The molecule has 0 unspecified atom stereocenters. The summed E-state index contributed by atoms with van der Waals surface area (Å²) in [5.74, 6) is 1.98. The molecule has 2 aromatic rings. The van der Waals surface area contributed by atoms with Crippen molar-refractivity contribution in [2.75, 3.05) is 0 Å². The summed E-state index contributed by atoms with van der Waals surface area (Å²) in [6.07, 6.45) is 0.850. The molecule has 0 spiro atoms. The van der Waals surface area contributed by atoms with E-state index in [0.717, 1.165) is 29.0 Å². The first kappa shape index (κ1) is 11.9. The molecule has 0 amide bonds. The Bertz CT molecular complexity index is 595. The molecule has 0 radical (unpaired) electrons. The number of hydrogen-bond donors (Lipinski definition) is 2. The lowest BCUT2D eigenvalue weighted by molar-refractivity contribution is 0.389. The van der Waals surface area contributed by atoms with E-state index in [-0.39, 0.29) is 16.9 Å². The molecule has 0 saturated carbocycles. The zero-order chi connectivity index (χ0) is 13.6. The van der Waals surface area contributed by atoms with Gasteiger partial charge in [0, 0.05) is 16.5 Å². The number of ether oxygens (including phenoxy) is 1. The monoisotopic (exact) mass is 256 g/mol. The van der Waals surface area contributed by atoms with E-state index < -0.39 is 0 Å². The van der Waals surface area contributed by atoms with Gasteiger partial charge in [-0.1, -0.05) is 13.8 Å². The maximum absolute atomic E-state index is 9.71. The minimum atomic E-state index is -0.277. The van der Waals surface area contributed by atoms with Crippen LogP contribution in [0.3, 0.4) is 0 Å². The Morgan fingerprint density at radius 3 is 1.84 bits per heavy atom. The fourth-order valence-corrected chi connectivity index (χ4v) is 2.72. The molecule has 0 fully saturated rings. The maximum Gasteiger partial charge on any atom is 0.131 e. The minimum Gasteiger partial charge on any atom is -0.508 e. The van der Waals surface area contributed by atoms with Gasteiger partial charge < -0.3 is 14.9 Å². The summed E-state index contributed by atoms with van der Waals surface area (Å²) >= 11 is 0. The molecule has 1 aliphatic rings. The zero-order valence-corrected chi connectivity index (χ0v) is 11.0. The van der Waals surface area contributed by atoms with E-state index in [4.69, 9.17) is 4.74 Å². The van der Waals surface area contributed by atoms with Crippen molar-refractivity contribution in [3.05, 3.63) is 47.5 Å². The van der Waals surface area contributed by atoms with E-state index in [1.54, 1.807) is 36.4 Å². The molecule has 0 aliphatic carbocycles. The van der Waals surface area contributed by atoms with Crippen molar-refractivity contribution in [3.8, 4) is 23.0 Å². The van der Waals surface area contributed by atoms with Gasteiger partial charge in [0.05, 0.1) is 0 Å². The molecule has 2 N–H and O–H groups in total. The summed E-state index contributed by atoms with van der Waals surface area (Å²) in [6, 6.07) is 10.3. The smallest absolute Gasteiger partial charge is 0.131 e. The van der Waals surface area contributed by atoms with Crippen LogP contribution in [0, 0.1) is 0 Å². The second-order valence-corrected chi connectivity index (χ2v) is 5.15. The van der Waals surface area contributed by atoms with Crippen molar-refractivity contribution in [2.45, 2.75) is 25.7 Å². The van der Waals surface area contributed by atoms with E-state index in [9.17, 15) is 10.2 Å². The highest BCUT2D eigenvalue weighted by Crippen LogP contribution is 2.51. The second-order valence-electron chi connectivity index (χ2n) is 5.15. The third-order valence-corrected chi connectivity index (χ3v) is 4.04. The third kappa shape index (κ3) is 1.65. The lowest BCUT2D eigenvalue weighted by Gasteiger charge is -2.36. The Labute approximate surface area is 112 Å². The topological polar surface area (TPSA) is 49.7 Å². The average Bonchev–Trinajstić information content (AvgIpc) is 2.41. The summed E-state index contributed by atoms with van der Waals surface area (Å²) in [7, 11) is 0. The minimum absolute atomic E-state index is 0.227. The molecule has 2 aromatic carbocycles. The van der Waals surface area contributed by atoms with Crippen molar-refractivity contribution >= 4 is 0 Å². The van der Waals surface area contributed by atoms with Crippen LogP contribution in [0.2, 0.25) is 0 Å². The second kappa shape index (κ2) is 3.92. The van der Waals surface area contributed by atoms with E-state index in [1.165, 1.54) is 0 Å². The summed E-state index contributed by atoms with van der Waals surface area (Å²) in [5, 5.41) is 19.4. The number of hydrogen-bond acceptors (Lipinski definition) is 3. The van der Waals surface area contributed by atoms with Gasteiger partial charge in [0.25, 0.3) is 0 Å². The van der Waals surface area contributed by atoms with Crippen LogP contribution < -0.4 is 4.74 Å². The molecular weight excluding hydrogens is 240 g/mol. The van der Waals surface area contributed by atoms with Gasteiger partial charge in [0.15, 0.2) is 0 Å². The number of phenols is 2. The van der Waals surface area contributed by atoms with Crippen LogP contribution in [0.5, 0.6) is 23.0 Å².